The third-order valence-electron chi connectivity index (χ3n) is 3.35. The summed E-state index contributed by atoms with van der Waals surface area (Å²) in [4.78, 5) is -0.483. The van der Waals surface area contributed by atoms with Crippen LogP contribution in [0, 0.1) is 11.6 Å². The molecule has 1 fully saturated rings. The smallest absolute Gasteiger partial charge is 0.246 e. The van der Waals surface area contributed by atoms with E-state index in [2.05, 4.69) is 11.9 Å². The van der Waals surface area contributed by atoms with Gasteiger partial charge in [0, 0.05) is 24.7 Å². The van der Waals surface area contributed by atoms with Crippen LogP contribution in [0.1, 0.15) is 18.4 Å². The van der Waals surface area contributed by atoms with Crippen molar-refractivity contribution in [3.8, 4) is 0 Å². The number of nitrogens with one attached hydrogen (secondary N) is 1. The van der Waals surface area contributed by atoms with Gasteiger partial charge in [0.1, 0.15) is 10.7 Å². The van der Waals surface area contributed by atoms with Crippen molar-refractivity contribution in [1.29, 1.82) is 0 Å². The van der Waals surface area contributed by atoms with Gasteiger partial charge < -0.3 is 5.32 Å². The zero-order valence-electron chi connectivity index (χ0n) is 11.8. The lowest BCUT2D eigenvalue weighted by atomic mass is 10.2. The fourth-order valence-electron chi connectivity index (χ4n) is 2.17. The molecule has 0 unspecified atom stereocenters. The Morgan fingerprint density at radius 2 is 2.10 bits per heavy atom. The second-order valence-electron chi connectivity index (χ2n) is 4.96. The molecule has 1 aliphatic rings. The molecule has 1 N–H and O–H groups in total. The fourth-order valence-corrected chi connectivity index (χ4v) is 3.92. The van der Waals surface area contributed by atoms with Crippen LogP contribution in [-0.4, -0.2) is 32.4 Å². The van der Waals surface area contributed by atoms with Crippen LogP contribution in [0.15, 0.2) is 29.7 Å². The van der Waals surface area contributed by atoms with Crippen LogP contribution in [0.2, 0.25) is 0 Å². The van der Waals surface area contributed by atoms with Gasteiger partial charge in [-0.05, 0) is 32.0 Å². The monoisotopic (exact) mass is 316 g/mol. The van der Waals surface area contributed by atoms with Crippen LogP contribution in [0.25, 0.3) is 0 Å². The second kappa shape index (κ2) is 6.21. The number of rotatable bonds is 7. The summed E-state index contributed by atoms with van der Waals surface area (Å²) >= 11 is 0. The molecule has 21 heavy (non-hydrogen) atoms. The maximum atomic E-state index is 14.4. The molecule has 0 bridgehead atoms. The average Bonchev–Trinajstić information content (AvgIpc) is 3.24. The molecule has 0 aromatic heterocycles. The zero-order chi connectivity index (χ0) is 15.6. The third-order valence-corrected chi connectivity index (χ3v) is 5.29. The van der Waals surface area contributed by atoms with Crippen molar-refractivity contribution >= 4 is 10.0 Å². The molecule has 7 heteroatoms. The van der Waals surface area contributed by atoms with E-state index in [1.54, 1.807) is 0 Å². The van der Waals surface area contributed by atoms with E-state index in [0.29, 0.717) is 0 Å². The summed E-state index contributed by atoms with van der Waals surface area (Å²) < 4.78 is 54.4. The largest absolute Gasteiger partial charge is 0.315 e. The number of nitrogens with zero attached hydrogens (tertiary/aromatic N) is 1. The van der Waals surface area contributed by atoms with Gasteiger partial charge in [-0.2, -0.15) is 4.31 Å². The van der Waals surface area contributed by atoms with Crippen LogP contribution in [0.4, 0.5) is 8.78 Å². The summed E-state index contributed by atoms with van der Waals surface area (Å²) in [5, 5.41) is 2.63. The van der Waals surface area contributed by atoms with Crippen LogP contribution in [0.5, 0.6) is 0 Å². The van der Waals surface area contributed by atoms with E-state index >= 15 is 0 Å². The number of benzene rings is 1. The lowest BCUT2D eigenvalue weighted by molar-refractivity contribution is 0.429. The van der Waals surface area contributed by atoms with E-state index in [0.717, 1.165) is 25.0 Å². The van der Waals surface area contributed by atoms with Gasteiger partial charge in [0.05, 0.1) is 0 Å². The molecule has 1 saturated carbocycles. The van der Waals surface area contributed by atoms with Gasteiger partial charge in [-0.3, -0.25) is 0 Å². The molecule has 0 saturated heterocycles. The Labute approximate surface area is 123 Å². The van der Waals surface area contributed by atoms with Gasteiger partial charge in [0.2, 0.25) is 10.0 Å². The molecule has 0 atom stereocenters. The molecule has 1 aromatic carbocycles. The molecule has 0 amide bonds. The fraction of sp³-hybridized carbons (Fsp3) is 0.429. The summed E-state index contributed by atoms with van der Waals surface area (Å²) in [5.41, 5.74) is -0.270. The summed E-state index contributed by atoms with van der Waals surface area (Å²) in [7, 11) is -2.46. The van der Waals surface area contributed by atoms with Crippen molar-refractivity contribution in [2.45, 2.75) is 30.3 Å². The van der Waals surface area contributed by atoms with Crippen molar-refractivity contribution < 1.29 is 17.2 Å². The van der Waals surface area contributed by atoms with Crippen LogP contribution in [0.3, 0.4) is 0 Å². The third kappa shape index (κ3) is 3.14. The standard InChI is InChI=1S/C14H18F2N2O2S/c1-3-8-18(10-4-5-10)21(19,20)13-7-6-12(15)11(9-17-2)14(13)16/h3,6-7,10,17H,1,4-5,8-9H2,2H3. The Bertz CT molecular complexity index is 643. The molecular formula is C14H18F2N2O2S. The normalized spacial score (nSPS) is 15.4. The highest BCUT2D eigenvalue weighted by molar-refractivity contribution is 7.89. The number of sulfonamides is 1. The van der Waals surface area contributed by atoms with E-state index in [1.165, 1.54) is 17.4 Å². The lowest BCUT2D eigenvalue weighted by Gasteiger charge is -2.21. The van der Waals surface area contributed by atoms with E-state index < -0.39 is 26.6 Å². The van der Waals surface area contributed by atoms with Gasteiger partial charge in [0.15, 0.2) is 5.82 Å². The summed E-state index contributed by atoms with van der Waals surface area (Å²) in [6.07, 6.45) is 2.96. The molecular weight excluding hydrogens is 298 g/mol. The molecule has 116 valence electrons. The Balaban J connectivity index is 2.48. The van der Waals surface area contributed by atoms with Gasteiger partial charge in [-0.15, -0.1) is 6.58 Å². The van der Waals surface area contributed by atoms with Crippen molar-refractivity contribution in [2.24, 2.45) is 0 Å². The van der Waals surface area contributed by atoms with E-state index in [1.807, 2.05) is 0 Å². The van der Waals surface area contributed by atoms with Gasteiger partial charge >= 0.3 is 0 Å². The average molecular weight is 316 g/mol. The van der Waals surface area contributed by atoms with Crippen LogP contribution < -0.4 is 5.32 Å². The van der Waals surface area contributed by atoms with Crippen LogP contribution >= 0.6 is 0 Å². The van der Waals surface area contributed by atoms with Crippen LogP contribution in [-0.2, 0) is 16.6 Å². The molecule has 0 radical (unpaired) electrons. The van der Waals surface area contributed by atoms with Crippen molar-refractivity contribution in [1.82, 2.24) is 9.62 Å². The van der Waals surface area contributed by atoms with E-state index in [4.69, 9.17) is 0 Å². The predicted molar refractivity (Wildman–Crippen MR) is 76.2 cm³/mol. The first-order valence-corrected chi connectivity index (χ1v) is 8.11. The molecule has 0 heterocycles. The van der Waals surface area contributed by atoms with E-state index in [9.17, 15) is 17.2 Å². The molecule has 0 spiro atoms. The summed E-state index contributed by atoms with van der Waals surface area (Å²) in [5.74, 6) is -1.79. The lowest BCUT2D eigenvalue weighted by Crippen LogP contribution is -2.34. The molecule has 1 aliphatic carbocycles. The quantitative estimate of drug-likeness (QED) is 0.783. The predicted octanol–water partition coefficient (Wildman–Crippen LogP) is 2.02. The summed E-state index contributed by atoms with van der Waals surface area (Å²) in [6.45, 7) is 3.57. The topological polar surface area (TPSA) is 49.4 Å². The highest BCUT2D eigenvalue weighted by Gasteiger charge is 2.39. The molecule has 0 aliphatic heterocycles. The first kappa shape index (κ1) is 16.1. The van der Waals surface area contributed by atoms with Gasteiger partial charge in [-0.1, -0.05) is 6.08 Å². The SMILES string of the molecule is C=CCN(C1CC1)S(=O)(=O)c1ccc(F)c(CNC)c1F. The van der Waals surface area contributed by atoms with Crippen molar-refractivity contribution in [3.05, 3.63) is 42.0 Å². The van der Waals surface area contributed by atoms with Gasteiger partial charge in [0.25, 0.3) is 0 Å². The minimum absolute atomic E-state index is 0.0775. The van der Waals surface area contributed by atoms with Crippen molar-refractivity contribution in [2.75, 3.05) is 13.6 Å². The number of halogens is 2. The van der Waals surface area contributed by atoms with Gasteiger partial charge in [-0.25, -0.2) is 17.2 Å². The molecule has 1 aromatic rings. The van der Waals surface area contributed by atoms with E-state index in [-0.39, 0.29) is 24.7 Å². The summed E-state index contributed by atoms with van der Waals surface area (Å²) in [6, 6.07) is 1.85. The first-order valence-electron chi connectivity index (χ1n) is 6.67. The Hall–Kier alpha value is -1.31. The minimum atomic E-state index is -4.00. The molecule has 4 nitrogen and oxygen atoms in total. The highest BCUT2D eigenvalue weighted by Crippen LogP contribution is 2.33. The maximum Gasteiger partial charge on any atom is 0.246 e. The van der Waals surface area contributed by atoms with Crippen molar-refractivity contribution in [3.63, 3.8) is 0 Å². The second-order valence-corrected chi connectivity index (χ2v) is 6.82. The maximum absolute atomic E-state index is 14.4. The highest BCUT2D eigenvalue weighted by atomic mass is 32.2. The molecule has 2 rings (SSSR count). The number of hydrogen-bond donors (Lipinski definition) is 1. The number of hydrogen-bond acceptors (Lipinski definition) is 3. The minimum Gasteiger partial charge on any atom is -0.315 e. The Kier molecular flexibility index (Phi) is 4.75. The zero-order valence-corrected chi connectivity index (χ0v) is 12.6. The Morgan fingerprint density at radius 3 is 2.62 bits per heavy atom. The first-order chi connectivity index (χ1) is 9.93. The Morgan fingerprint density at radius 1 is 1.43 bits per heavy atom.